The molecule has 0 unspecified atom stereocenters. The molecule has 150 valence electrons. The zero-order valence-electron chi connectivity index (χ0n) is 17.5. The maximum absolute atomic E-state index is 12.8. The summed E-state index contributed by atoms with van der Waals surface area (Å²) in [4.78, 5) is 25.4. The van der Waals surface area contributed by atoms with Crippen molar-refractivity contribution in [3.63, 3.8) is 0 Å². The molecule has 3 aromatic rings. The Kier molecular flexibility index (Phi) is 5.87. The van der Waals surface area contributed by atoms with Crippen LogP contribution in [0.3, 0.4) is 0 Å². The number of benzene rings is 2. The fourth-order valence-corrected chi connectivity index (χ4v) is 3.44. The summed E-state index contributed by atoms with van der Waals surface area (Å²) in [5, 5.41) is 2.67. The van der Waals surface area contributed by atoms with Crippen molar-refractivity contribution in [3.05, 3.63) is 76.6 Å². The first-order valence-electron chi connectivity index (χ1n) is 9.67. The second-order valence-electron chi connectivity index (χ2n) is 7.15. The summed E-state index contributed by atoms with van der Waals surface area (Å²) < 4.78 is 7.42. The van der Waals surface area contributed by atoms with Crippen LogP contribution < -0.4 is 10.1 Å². The monoisotopic (exact) mass is 390 g/mol. The van der Waals surface area contributed by atoms with Crippen LogP contribution in [0.1, 0.15) is 39.8 Å². The molecule has 0 spiro atoms. The largest absolute Gasteiger partial charge is 0.494 e. The topological polar surface area (TPSA) is 60.3 Å². The second kappa shape index (κ2) is 8.35. The van der Waals surface area contributed by atoms with Gasteiger partial charge in [-0.15, -0.1) is 0 Å². The lowest BCUT2D eigenvalue weighted by Gasteiger charge is -2.14. The summed E-state index contributed by atoms with van der Waals surface area (Å²) in [6, 6.07) is 14.9. The summed E-state index contributed by atoms with van der Waals surface area (Å²) in [6.07, 6.45) is 0. The van der Waals surface area contributed by atoms with Gasteiger partial charge in [0.15, 0.2) is 0 Å². The van der Waals surface area contributed by atoms with Crippen molar-refractivity contribution >= 4 is 17.4 Å². The summed E-state index contributed by atoms with van der Waals surface area (Å²) in [5.74, 6) is -0.493. The van der Waals surface area contributed by atoms with Crippen LogP contribution in [0, 0.1) is 27.7 Å². The van der Waals surface area contributed by atoms with E-state index in [0.717, 1.165) is 28.2 Å². The molecule has 0 bridgehead atoms. The van der Waals surface area contributed by atoms with Crippen molar-refractivity contribution in [2.75, 3.05) is 11.9 Å². The molecule has 0 fully saturated rings. The molecule has 2 aromatic carbocycles. The number of ether oxygens (including phenoxy) is 1. The average Bonchev–Trinajstić information content (AvgIpc) is 2.99. The Labute approximate surface area is 171 Å². The summed E-state index contributed by atoms with van der Waals surface area (Å²) in [7, 11) is 0. The predicted molar refractivity (Wildman–Crippen MR) is 115 cm³/mol. The number of nitrogens with one attached hydrogen (secondary N) is 1. The van der Waals surface area contributed by atoms with Crippen molar-refractivity contribution in [1.82, 2.24) is 4.57 Å². The number of ketones is 1. The van der Waals surface area contributed by atoms with E-state index in [4.69, 9.17) is 4.74 Å². The third-order valence-electron chi connectivity index (χ3n) is 4.91. The van der Waals surface area contributed by atoms with Gasteiger partial charge in [-0.3, -0.25) is 9.59 Å². The van der Waals surface area contributed by atoms with Gasteiger partial charge in [0.05, 0.1) is 6.61 Å². The highest BCUT2D eigenvalue weighted by Crippen LogP contribution is 2.25. The highest BCUT2D eigenvalue weighted by Gasteiger charge is 2.23. The maximum Gasteiger partial charge on any atom is 0.296 e. The van der Waals surface area contributed by atoms with Gasteiger partial charge in [-0.05, 0) is 82.1 Å². The van der Waals surface area contributed by atoms with Gasteiger partial charge in [-0.1, -0.05) is 12.1 Å². The molecular formula is C24H26N2O3. The molecule has 1 amide bonds. The van der Waals surface area contributed by atoms with E-state index in [2.05, 4.69) is 23.5 Å². The third-order valence-corrected chi connectivity index (χ3v) is 4.91. The molecule has 0 aliphatic heterocycles. The van der Waals surface area contributed by atoms with Gasteiger partial charge >= 0.3 is 0 Å². The number of carbonyl (C=O) groups is 2. The van der Waals surface area contributed by atoms with Crippen molar-refractivity contribution in [3.8, 4) is 11.4 Å². The minimum atomic E-state index is -0.657. The van der Waals surface area contributed by atoms with E-state index in [1.165, 1.54) is 0 Å². The molecule has 0 saturated carbocycles. The number of aromatic nitrogens is 1. The Morgan fingerprint density at radius 2 is 1.66 bits per heavy atom. The summed E-state index contributed by atoms with van der Waals surface area (Å²) >= 11 is 0. The van der Waals surface area contributed by atoms with Gasteiger partial charge in [0.25, 0.3) is 11.7 Å². The van der Waals surface area contributed by atoms with E-state index in [0.29, 0.717) is 23.6 Å². The molecule has 0 saturated heterocycles. The van der Waals surface area contributed by atoms with Crippen LogP contribution in [-0.2, 0) is 4.79 Å². The van der Waals surface area contributed by atoms with E-state index < -0.39 is 11.7 Å². The van der Waals surface area contributed by atoms with E-state index in [-0.39, 0.29) is 0 Å². The smallest absolute Gasteiger partial charge is 0.296 e. The highest BCUT2D eigenvalue weighted by atomic mass is 16.5. The number of rotatable bonds is 6. The van der Waals surface area contributed by atoms with Crippen LogP contribution in [0.5, 0.6) is 5.75 Å². The van der Waals surface area contributed by atoms with E-state index in [1.807, 2.05) is 39.2 Å². The molecule has 0 atom stereocenters. The SMILES string of the molecule is CCOc1ccc(NC(=O)C(=O)c2cc(C)n(-c3cc(C)ccc3C)c2C)cc1. The third kappa shape index (κ3) is 4.24. The molecular weight excluding hydrogens is 364 g/mol. The van der Waals surface area contributed by atoms with E-state index in [1.54, 1.807) is 30.3 Å². The Bertz CT molecular complexity index is 1060. The van der Waals surface area contributed by atoms with Gasteiger partial charge in [-0.2, -0.15) is 0 Å². The standard InChI is InChI=1S/C24H26N2O3/c1-6-29-20-11-9-19(10-12-20)25-24(28)23(27)21-14-17(4)26(18(21)5)22-13-15(2)7-8-16(22)3/h7-14H,6H2,1-5H3,(H,25,28). The first-order valence-corrected chi connectivity index (χ1v) is 9.67. The zero-order valence-corrected chi connectivity index (χ0v) is 17.5. The minimum Gasteiger partial charge on any atom is -0.494 e. The molecule has 0 aliphatic rings. The molecule has 1 heterocycles. The number of Topliss-reactive ketones (excluding diaryl/α,β-unsaturated/α-hetero) is 1. The predicted octanol–water partition coefficient (Wildman–Crippen LogP) is 4.93. The van der Waals surface area contributed by atoms with E-state index in [9.17, 15) is 9.59 Å². The number of amides is 1. The molecule has 1 aromatic heterocycles. The number of nitrogens with zero attached hydrogens (tertiary/aromatic N) is 1. The van der Waals surface area contributed by atoms with Gasteiger partial charge in [-0.25, -0.2) is 0 Å². The maximum atomic E-state index is 12.8. The lowest BCUT2D eigenvalue weighted by Crippen LogP contribution is -2.23. The molecule has 5 heteroatoms. The van der Waals surface area contributed by atoms with Crippen LogP contribution in [0.15, 0.2) is 48.5 Å². The van der Waals surface area contributed by atoms with Crippen LogP contribution in [0.2, 0.25) is 0 Å². The van der Waals surface area contributed by atoms with Crippen molar-refractivity contribution in [2.24, 2.45) is 0 Å². The van der Waals surface area contributed by atoms with E-state index >= 15 is 0 Å². The lowest BCUT2D eigenvalue weighted by atomic mass is 10.1. The fourth-order valence-electron chi connectivity index (χ4n) is 3.44. The lowest BCUT2D eigenvalue weighted by molar-refractivity contribution is -0.112. The van der Waals surface area contributed by atoms with Crippen LogP contribution in [0.25, 0.3) is 5.69 Å². The van der Waals surface area contributed by atoms with Crippen molar-refractivity contribution < 1.29 is 14.3 Å². The van der Waals surface area contributed by atoms with Crippen LogP contribution >= 0.6 is 0 Å². The number of hydrogen-bond donors (Lipinski definition) is 1. The minimum absolute atomic E-state index is 0.409. The second-order valence-corrected chi connectivity index (χ2v) is 7.15. The zero-order chi connectivity index (χ0) is 21.1. The molecule has 3 rings (SSSR count). The van der Waals surface area contributed by atoms with Crippen molar-refractivity contribution in [2.45, 2.75) is 34.6 Å². The number of carbonyl (C=O) groups excluding carboxylic acids is 2. The molecule has 0 radical (unpaired) electrons. The highest BCUT2D eigenvalue weighted by molar-refractivity contribution is 6.46. The molecule has 29 heavy (non-hydrogen) atoms. The molecule has 1 N–H and O–H groups in total. The first kappa shape index (κ1) is 20.4. The summed E-state index contributed by atoms with van der Waals surface area (Å²) in [5.41, 5.74) is 5.89. The number of aryl methyl sites for hydroxylation is 3. The number of anilines is 1. The van der Waals surface area contributed by atoms with Crippen LogP contribution in [-0.4, -0.2) is 22.9 Å². The first-order chi connectivity index (χ1) is 13.8. The number of hydrogen-bond acceptors (Lipinski definition) is 3. The van der Waals surface area contributed by atoms with Gasteiger partial charge in [0.1, 0.15) is 5.75 Å². The van der Waals surface area contributed by atoms with Crippen molar-refractivity contribution in [1.29, 1.82) is 0 Å². The van der Waals surface area contributed by atoms with Gasteiger partial charge < -0.3 is 14.6 Å². The van der Waals surface area contributed by atoms with Crippen LogP contribution in [0.4, 0.5) is 5.69 Å². The quantitative estimate of drug-likeness (QED) is 0.479. The summed E-state index contributed by atoms with van der Waals surface area (Å²) in [6.45, 7) is 10.4. The molecule has 0 aliphatic carbocycles. The van der Waals surface area contributed by atoms with Gasteiger partial charge in [0, 0.05) is 28.3 Å². The fraction of sp³-hybridized carbons (Fsp3) is 0.250. The Hall–Kier alpha value is -3.34. The van der Waals surface area contributed by atoms with Gasteiger partial charge in [0.2, 0.25) is 0 Å². The average molecular weight is 390 g/mol. The Morgan fingerprint density at radius 3 is 2.31 bits per heavy atom. The normalized spacial score (nSPS) is 10.7. The molecule has 5 nitrogen and oxygen atoms in total. The Balaban J connectivity index is 1.86. The Morgan fingerprint density at radius 1 is 0.966 bits per heavy atom.